The first-order valence-electron chi connectivity index (χ1n) is 9.44. The van der Waals surface area contributed by atoms with Crippen molar-refractivity contribution in [2.24, 2.45) is 0 Å². The van der Waals surface area contributed by atoms with Crippen molar-refractivity contribution in [3.63, 3.8) is 0 Å². The topological polar surface area (TPSA) is 66.5 Å². The standard InChI is InChI=1S/C23H24N2O3S2/c1-18-12-14-19(15-13-18)16-25(30(27,28)20-8-4-3-5-9-20)17-23(26)24-21-10-6-7-11-22(21)29-2/h3-15H,16-17H2,1-2H3,(H,24,26). The molecule has 0 unspecified atom stereocenters. The highest BCUT2D eigenvalue weighted by atomic mass is 32.2. The van der Waals surface area contributed by atoms with Gasteiger partial charge in [0.05, 0.1) is 17.1 Å². The molecule has 0 aromatic heterocycles. The van der Waals surface area contributed by atoms with Gasteiger partial charge in [0.25, 0.3) is 0 Å². The number of anilines is 1. The molecule has 0 heterocycles. The molecule has 0 spiro atoms. The van der Waals surface area contributed by atoms with Crippen molar-refractivity contribution in [1.82, 2.24) is 4.31 Å². The molecule has 156 valence electrons. The van der Waals surface area contributed by atoms with Gasteiger partial charge in [0.15, 0.2) is 0 Å². The molecule has 0 aliphatic heterocycles. The fourth-order valence-electron chi connectivity index (χ4n) is 2.96. The average molecular weight is 441 g/mol. The van der Waals surface area contributed by atoms with Gasteiger partial charge in [-0.1, -0.05) is 60.2 Å². The lowest BCUT2D eigenvalue weighted by molar-refractivity contribution is -0.116. The van der Waals surface area contributed by atoms with E-state index in [4.69, 9.17) is 0 Å². The van der Waals surface area contributed by atoms with Gasteiger partial charge in [-0.15, -0.1) is 11.8 Å². The van der Waals surface area contributed by atoms with E-state index < -0.39 is 10.0 Å². The third-order valence-electron chi connectivity index (χ3n) is 4.56. The van der Waals surface area contributed by atoms with E-state index in [1.54, 1.807) is 36.4 Å². The molecule has 1 N–H and O–H groups in total. The van der Waals surface area contributed by atoms with E-state index >= 15 is 0 Å². The highest BCUT2D eigenvalue weighted by Gasteiger charge is 2.27. The predicted molar refractivity (Wildman–Crippen MR) is 122 cm³/mol. The number of para-hydroxylation sites is 1. The fraction of sp³-hybridized carbons (Fsp3) is 0.174. The summed E-state index contributed by atoms with van der Waals surface area (Å²) in [6.07, 6.45) is 1.93. The van der Waals surface area contributed by atoms with Crippen molar-refractivity contribution in [3.05, 3.63) is 90.0 Å². The van der Waals surface area contributed by atoms with Crippen LogP contribution in [-0.2, 0) is 21.4 Å². The molecule has 3 aromatic rings. The molecule has 0 aliphatic rings. The zero-order valence-corrected chi connectivity index (χ0v) is 18.5. The third-order valence-corrected chi connectivity index (χ3v) is 7.16. The molecule has 3 aromatic carbocycles. The quantitative estimate of drug-likeness (QED) is 0.522. The van der Waals surface area contributed by atoms with Crippen LogP contribution in [0.2, 0.25) is 0 Å². The van der Waals surface area contributed by atoms with E-state index in [9.17, 15) is 13.2 Å². The number of carbonyl (C=O) groups excluding carboxylic acids is 1. The van der Waals surface area contributed by atoms with Gasteiger partial charge in [-0.25, -0.2) is 8.42 Å². The number of aryl methyl sites for hydroxylation is 1. The molecule has 0 bridgehead atoms. The maximum Gasteiger partial charge on any atom is 0.243 e. The van der Waals surface area contributed by atoms with E-state index in [0.717, 1.165) is 16.0 Å². The van der Waals surface area contributed by atoms with Crippen LogP contribution in [0.3, 0.4) is 0 Å². The maximum absolute atomic E-state index is 13.3. The Morgan fingerprint density at radius 2 is 1.57 bits per heavy atom. The smallest absolute Gasteiger partial charge is 0.243 e. The molecule has 0 fully saturated rings. The molecule has 0 aliphatic carbocycles. The number of thioether (sulfide) groups is 1. The largest absolute Gasteiger partial charge is 0.324 e. The SMILES string of the molecule is CSc1ccccc1NC(=O)CN(Cc1ccc(C)cc1)S(=O)(=O)c1ccccc1. The van der Waals surface area contributed by atoms with E-state index in [1.165, 1.54) is 16.1 Å². The second kappa shape index (κ2) is 9.93. The summed E-state index contributed by atoms with van der Waals surface area (Å²) >= 11 is 1.52. The van der Waals surface area contributed by atoms with Crippen LogP contribution in [0.4, 0.5) is 5.69 Å². The number of sulfonamides is 1. The molecule has 30 heavy (non-hydrogen) atoms. The summed E-state index contributed by atoms with van der Waals surface area (Å²) in [6, 6.07) is 23.2. The Morgan fingerprint density at radius 1 is 0.933 bits per heavy atom. The Labute approximate surface area is 182 Å². The van der Waals surface area contributed by atoms with Crippen LogP contribution in [0.5, 0.6) is 0 Å². The Kier molecular flexibility index (Phi) is 7.31. The van der Waals surface area contributed by atoms with Gasteiger partial charge in [-0.05, 0) is 43.0 Å². The molecule has 0 saturated carbocycles. The van der Waals surface area contributed by atoms with Crippen molar-refractivity contribution in [1.29, 1.82) is 0 Å². The van der Waals surface area contributed by atoms with Gasteiger partial charge in [0.1, 0.15) is 0 Å². The van der Waals surface area contributed by atoms with Crippen molar-refractivity contribution in [3.8, 4) is 0 Å². The van der Waals surface area contributed by atoms with Crippen LogP contribution < -0.4 is 5.32 Å². The van der Waals surface area contributed by atoms with Crippen LogP contribution in [0, 0.1) is 6.92 Å². The second-order valence-corrected chi connectivity index (χ2v) is 9.61. The number of hydrogen-bond acceptors (Lipinski definition) is 4. The molecule has 3 rings (SSSR count). The summed E-state index contributed by atoms with van der Waals surface area (Å²) in [5.41, 5.74) is 2.57. The fourth-order valence-corrected chi connectivity index (χ4v) is 4.92. The van der Waals surface area contributed by atoms with Crippen LogP contribution in [-0.4, -0.2) is 31.4 Å². The number of nitrogens with one attached hydrogen (secondary N) is 1. The first-order chi connectivity index (χ1) is 14.4. The normalized spacial score (nSPS) is 11.4. The molecule has 0 radical (unpaired) electrons. The Balaban J connectivity index is 1.87. The van der Waals surface area contributed by atoms with Gasteiger partial charge < -0.3 is 5.32 Å². The Hall–Kier alpha value is -2.61. The lowest BCUT2D eigenvalue weighted by atomic mass is 10.1. The van der Waals surface area contributed by atoms with Gasteiger partial charge >= 0.3 is 0 Å². The van der Waals surface area contributed by atoms with E-state index in [0.29, 0.717) is 5.69 Å². The summed E-state index contributed by atoms with van der Waals surface area (Å²) in [5.74, 6) is -0.386. The zero-order chi connectivity index (χ0) is 21.6. The summed E-state index contributed by atoms with van der Waals surface area (Å²) in [4.78, 5) is 13.9. The minimum Gasteiger partial charge on any atom is -0.324 e. The second-order valence-electron chi connectivity index (χ2n) is 6.82. The monoisotopic (exact) mass is 440 g/mol. The number of hydrogen-bond donors (Lipinski definition) is 1. The van der Waals surface area contributed by atoms with Gasteiger partial charge in [-0.3, -0.25) is 4.79 Å². The van der Waals surface area contributed by atoms with Gasteiger partial charge in [0, 0.05) is 11.4 Å². The lowest BCUT2D eigenvalue weighted by Crippen LogP contribution is -2.37. The first-order valence-corrected chi connectivity index (χ1v) is 12.1. The van der Waals surface area contributed by atoms with Gasteiger partial charge in [0.2, 0.25) is 15.9 Å². The summed E-state index contributed by atoms with van der Waals surface area (Å²) in [7, 11) is -3.85. The number of amides is 1. The number of carbonyl (C=O) groups is 1. The van der Waals surface area contributed by atoms with Crippen LogP contribution >= 0.6 is 11.8 Å². The molecular weight excluding hydrogens is 416 g/mol. The minimum absolute atomic E-state index is 0.106. The minimum atomic E-state index is -3.85. The average Bonchev–Trinajstić information content (AvgIpc) is 2.75. The summed E-state index contributed by atoms with van der Waals surface area (Å²) < 4.78 is 27.7. The van der Waals surface area contributed by atoms with Crippen molar-refractivity contribution >= 4 is 33.4 Å². The molecule has 5 nitrogen and oxygen atoms in total. The van der Waals surface area contributed by atoms with Crippen LogP contribution in [0.1, 0.15) is 11.1 Å². The van der Waals surface area contributed by atoms with Crippen molar-refractivity contribution in [2.45, 2.75) is 23.3 Å². The van der Waals surface area contributed by atoms with E-state index in [-0.39, 0.29) is 23.9 Å². The summed E-state index contributed by atoms with van der Waals surface area (Å²) in [5, 5.41) is 2.84. The van der Waals surface area contributed by atoms with E-state index in [1.807, 2.05) is 55.6 Å². The molecule has 0 atom stereocenters. The van der Waals surface area contributed by atoms with Gasteiger partial charge in [-0.2, -0.15) is 4.31 Å². The van der Waals surface area contributed by atoms with Crippen LogP contribution in [0.15, 0.2) is 88.7 Å². The zero-order valence-electron chi connectivity index (χ0n) is 16.9. The molecule has 7 heteroatoms. The first kappa shape index (κ1) is 22.1. The number of rotatable bonds is 8. The number of nitrogens with zero attached hydrogens (tertiary/aromatic N) is 1. The lowest BCUT2D eigenvalue weighted by Gasteiger charge is -2.22. The molecule has 1 amide bonds. The van der Waals surface area contributed by atoms with Crippen molar-refractivity contribution < 1.29 is 13.2 Å². The molecule has 0 saturated heterocycles. The van der Waals surface area contributed by atoms with Crippen molar-refractivity contribution in [2.75, 3.05) is 18.1 Å². The van der Waals surface area contributed by atoms with E-state index in [2.05, 4.69) is 5.32 Å². The third kappa shape index (κ3) is 5.50. The number of benzene rings is 3. The Morgan fingerprint density at radius 3 is 2.23 bits per heavy atom. The summed E-state index contributed by atoms with van der Waals surface area (Å²) in [6.45, 7) is 1.79. The highest BCUT2D eigenvalue weighted by Crippen LogP contribution is 2.25. The Bertz CT molecular complexity index is 1100. The maximum atomic E-state index is 13.3. The van der Waals surface area contributed by atoms with Crippen LogP contribution in [0.25, 0.3) is 0 Å². The predicted octanol–water partition coefficient (Wildman–Crippen LogP) is 4.55. The highest BCUT2D eigenvalue weighted by molar-refractivity contribution is 7.98. The molecular formula is C23H24N2O3S2.